The van der Waals surface area contributed by atoms with Crippen LogP contribution in [0.5, 0.6) is 0 Å². The second-order valence-corrected chi connectivity index (χ2v) is 9.46. The quantitative estimate of drug-likeness (QED) is 0.660. The van der Waals surface area contributed by atoms with E-state index in [2.05, 4.69) is 10.0 Å². The van der Waals surface area contributed by atoms with Crippen LogP contribution in [0.4, 0.5) is 0 Å². The molecule has 0 bridgehead atoms. The predicted octanol–water partition coefficient (Wildman–Crippen LogP) is 3.94. The third-order valence-electron chi connectivity index (χ3n) is 4.70. The van der Waals surface area contributed by atoms with Crippen LogP contribution >= 0.6 is 23.2 Å². The molecule has 29 heavy (non-hydrogen) atoms. The van der Waals surface area contributed by atoms with Crippen LogP contribution in [-0.2, 0) is 14.8 Å². The number of ether oxygens (including phenoxy) is 1. The lowest BCUT2D eigenvalue weighted by atomic mass is 10.1. The lowest BCUT2D eigenvalue weighted by Crippen LogP contribution is -2.32. The highest BCUT2D eigenvalue weighted by Crippen LogP contribution is 2.24. The van der Waals surface area contributed by atoms with Gasteiger partial charge in [-0.3, -0.25) is 4.79 Å². The van der Waals surface area contributed by atoms with E-state index in [1.807, 2.05) is 13.0 Å². The third-order valence-corrected chi connectivity index (χ3v) is 6.84. The number of hydrogen-bond donors (Lipinski definition) is 2. The fourth-order valence-electron chi connectivity index (χ4n) is 3.08. The number of carbonyl (C=O) groups excluding carboxylic acids is 1. The van der Waals surface area contributed by atoms with E-state index >= 15 is 0 Å². The Balaban J connectivity index is 1.74. The van der Waals surface area contributed by atoms with E-state index in [1.165, 1.54) is 18.2 Å². The zero-order valence-corrected chi connectivity index (χ0v) is 18.2. The smallest absolute Gasteiger partial charge is 0.251 e. The van der Waals surface area contributed by atoms with Gasteiger partial charge >= 0.3 is 0 Å². The van der Waals surface area contributed by atoms with Gasteiger partial charge in [0.1, 0.15) is 4.90 Å². The van der Waals surface area contributed by atoms with E-state index in [0.29, 0.717) is 11.6 Å². The maximum atomic E-state index is 12.7. The molecule has 2 aromatic rings. The van der Waals surface area contributed by atoms with Crippen molar-refractivity contribution in [1.82, 2.24) is 10.0 Å². The number of halogens is 2. The molecule has 1 heterocycles. The topological polar surface area (TPSA) is 84.5 Å². The molecule has 6 nitrogen and oxygen atoms in total. The third kappa shape index (κ3) is 5.71. The molecule has 1 fully saturated rings. The Morgan fingerprint density at radius 1 is 1.24 bits per heavy atom. The zero-order chi connectivity index (χ0) is 21.0. The van der Waals surface area contributed by atoms with E-state index in [1.54, 1.807) is 18.2 Å². The summed E-state index contributed by atoms with van der Waals surface area (Å²) in [5, 5.41) is 3.45. The molecule has 1 saturated heterocycles. The summed E-state index contributed by atoms with van der Waals surface area (Å²) in [6.45, 7) is 2.62. The summed E-state index contributed by atoms with van der Waals surface area (Å²) in [6, 6.07) is 11.0. The van der Waals surface area contributed by atoms with Gasteiger partial charge in [0, 0.05) is 23.7 Å². The van der Waals surface area contributed by atoms with E-state index < -0.39 is 15.9 Å². The van der Waals surface area contributed by atoms with Gasteiger partial charge < -0.3 is 10.1 Å². The molecule has 1 amide bonds. The average molecular weight is 457 g/mol. The number of hydrogen-bond acceptors (Lipinski definition) is 4. The molecule has 0 aromatic heterocycles. The van der Waals surface area contributed by atoms with Gasteiger partial charge in [0.05, 0.1) is 17.2 Å². The molecule has 156 valence electrons. The van der Waals surface area contributed by atoms with E-state index in [-0.39, 0.29) is 34.2 Å². The maximum absolute atomic E-state index is 12.7. The highest BCUT2D eigenvalue weighted by Gasteiger charge is 2.23. The Hall–Kier alpha value is -1.64. The minimum Gasteiger partial charge on any atom is -0.377 e. The zero-order valence-electron chi connectivity index (χ0n) is 15.8. The molecule has 1 aliphatic rings. The average Bonchev–Trinajstić information content (AvgIpc) is 3.20. The maximum Gasteiger partial charge on any atom is 0.251 e. The summed E-state index contributed by atoms with van der Waals surface area (Å²) in [4.78, 5) is 12.5. The Bertz CT molecular complexity index is 992. The van der Waals surface area contributed by atoms with Crippen molar-refractivity contribution in [3.05, 3.63) is 63.6 Å². The van der Waals surface area contributed by atoms with E-state index in [0.717, 1.165) is 18.4 Å². The Morgan fingerprint density at radius 3 is 2.72 bits per heavy atom. The first-order chi connectivity index (χ1) is 13.8. The van der Waals surface area contributed by atoms with Crippen LogP contribution in [-0.4, -0.2) is 33.6 Å². The van der Waals surface area contributed by atoms with Crippen molar-refractivity contribution in [1.29, 1.82) is 0 Å². The largest absolute Gasteiger partial charge is 0.377 e. The number of rotatable bonds is 7. The lowest BCUT2D eigenvalue weighted by molar-refractivity contribution is 0.0939. The van der Waals surface area contributed by atoms with Crippen molar-refractivity contribution in [2.45, 2.75) is 36.8 Å². The first kappa shape index (κ1) is 22.1. The SMILES string of the molecule is CC(NC(=O)c1ccc(Cl)c(S(=O)(=O)NCC2CCCO2)c1)c1cccc(Cl)c1. The Morgan fingerprint density at radius 2 is 2.03 bits per heavy atom. The number of sulfonamides is 1. The fraction of sp³-hybridized carbons (Fsp3) is 0.350. The van der Waals surface area contributed by atoms with Gasteiger partial charge in [-0.05, 0) is 55.7 Å². The first-order valence-corrected chi connectivity index (χ1v) is 11.5. The van der Waals surface area contributed by atoms with Gasteiger partial charge in [-0.15, -0.1) is 0 Å². The monoisotopic (exact) mass is 456 g/mol. The molecule has 9 heteroatoms. The number of nitrogens with one attached hydrogen (secondary N) is 2. The number of amides is 1. The minimum absolute atomic E-state index is 0.0456. The molecule has 0 radical (unpaired) electrons. The molecule has 3 rings (SSSR count). The van der Waals surface area contributed by atoms with Crippen LogP contribution in [0.3, 0.4) is 0 Å². The minimum atomic E-state index is -3.88. The van der Waals surface area contributed by atoms with Crippen LogP contribution in [0, 0.1) is 0 Å². The first-order valence-electron chi connectivity index (χ1n) is 9.23. The second kappa shape index (κ2) is 9.45. The van der Waals surface area contributed by atoms with Crippen molar-refractivity contribution in [3.63, 3.8) is 0 Å². The Labute approximate surface area is 180 Å². The summed E-state index contributed by atoms with van der Waals surface area (Å²) in [6.07, 6.45) is 1.57. The molecule has 2 unspecified atom stereocenters. The number of benzene rings is 2. The second-order valence-electron chi connectivity index (χ2n) is 6.88. The van der Waals surface area contributed by atoms with Gasteiger partial charge in [-0.1, -0.05) is 35.3 Å². The summed E-state index contributed by atoms with van der Waals surface area (Å²) in [7, 11) is -3.88. The van der Waals surface area contributed by atoms with Gasteiger partial charge in [0.2, 0.25) is 10.0 Å². The highest BCUT2D eigenvalue weighted by atomic mass is 35.5. The summed E-state index contributed by atoms with van der Waals surface area (Å²) in [5.41, 5.74) is 1.03. The van der Waals surface area contributed by atoms with Crippen LogP contribution in [0.15, 0.2) is 47.4 Å². The van der Waals surface area contributed by atoms with Crippen LogP contribution in [0.1, 0.15) is 41.7 Å². The molecule has 2 N–H and O–H groups in total. The van der Waals surface area contributed by atoms with Crippen molar-refractivity contribution < 1.29 is 17.9 Å². The Kier molecular flexibility index (Phi) is 7.19. The lowest BCUT2D eigenvalue weighted by Gasteiger charge is -2.16. The van der Waals surface area contributed by atoms with Gasteiger partial charge in [0.15, 0.2) is 0 Å². The van der Waals surface area contributed by atoms with E-state index in [4.69, 9.17) is 27.9 Å². The molecular formula is C20H22Cl2N2O4S. The molecule has 0 spiro atoms. The van der Waals surface area contributed by atoms with Gasteiger partial charge in [-0.2, -0.15) is 0 Å². The molecule has 0 aliphatic carbocycles. The summed E-state index contributed by atoms with van der Waals surface area (Å²) in [5.74, 6) is -0.412. The van der Waals surface area contributed by atoms with Crippen molar-refractivity contribution in [2.24, 2.45) is 0 Å². The van der Waals surface area contributed by atoms with Crippen LogP contribution < -0.4 is 10.0 Å². The highest BCUT2D eigenvalue weighted by molar-refractivity contribution is 7.89. The number of carbonyl (C=O) groups is 1. The standard InChI is InChI=1S/C20H22Cl2N2O4S/c1-13(14-4-2-5-16(21)10-14)24-20(25)15-7-8-18(22)19(11-15)29(26,27)23-12-17-6-3-9-28-17/h2,4-5,7-8,10-11,13,17,23H,3,6,9,12H2,1H3,(H,24,25). The van der Waals surface area contributed by atoms with Gasteiger partial charge in [-0.25, -0.2) is 13.1 Å². The van der Waals surface area contributed by atoms with Crippen molar-refractivity contribution in [3.8, 4) is 0 Å². The summed E-state index contributed by atoms with van der Waals surface area (Å²) < 4.78 is 33.3. The molecule has 2 atom stereocenters. The van der Waals surface area contributed by atoms with Crippen LogP contribution in [0.2, 0.25) is 10.0 Å². The molecule has 1 aliphatic heterocycles. The molecular weight excluding hydrogens is 435 g/mol. The normalized spacial score (nSPS) is 17.8. The van der Waals surface area contributed by atoms with Gasteiger partial charge in [0.25, 0.3) is 5.91 Å². The fourth-order valence-corrected chi connectivity index (χ4v) is 4.86. The van der Waals surface area contributed by atoms with Crippen molar-refractivity contribution >= 4 is 39.1 Å². The predicted molar refractivity (Wildman–Crippen MR) is 113 cm³/mol. The van der Waals surface area contributed by atoms with Crippen LogP contribution in [0.25, 0.3) is 0 Å². The van der Waals surface area contributed by atoms with Crippen molar-refractivity contribution in [2.75, 3.05) is 13.2 Å². The molecule has 2 aromatic carbocycles. The summed E-state index contributed by atoms with van der Waals surface area (Å²) >= 11 is 12.1. The van der Waals surface area contributed by atoms with E-state index in [9.17, 15) is 13.2 Å². The molecule has 0 saturated carbocycles.